The molecule has 1 saturated heterocycles. The normalized spacial score (nSPS) is 13.9. The van der Waals surface area contributed by atoms with E-state index < -0.39 is 18.5 Å². The van der Waals surface area contributed by atoms with Crippen LogP contribution in [0.4, 0.5) is 17.1 Å². The van der Waals surface area contributed by atoms with Crippen LogP contribution in [0.15, 0.2) is 42.5 Å². The number of phenolic OH excluding ortho intramolecular Hbond substituents is 1. The molecule has 0 spiro atoms. The van der Waals surface area contributed by atoms with Crippen LogP contribution in [-0.4, -0.2) is 36.7 Å². The Balaban J connectivity index is 1.51. The van der Waals surface area contributed by atoms with Gasteiger partial charge in [0.1, 0.15) is 5.75 Å². The zero-order valence-electron chi connectivity index (χ0n) is 15.0. The largest absolute Gasteiger partial charge is 0.508 e. The standard InChI is InChI=1S/C20H23N3O4/c21-18-9-8-16(24)12-17(18)20(26)27-13-19(25)22-14-4-6-15(7-5-14)23-10-2-1-3-11-23/h4-9,12,24H,1-3,10-11,13,21H2,(H,22,25). The summed E-state index contributed by atoms with van der Waals surface area (Å²) in [5, 5.41) is 12.1. The number of aromatic hydroxyl groups is 1. The fraction of sp³-hybridized carbons (Fsp3) is 0.300. The zero-order chi connectivity index (χ0) is 19.2. The molecule has 27 heavy (non-hydrogen) atoms. The fourth-order valence-corrected chi connectivity index (χ4v) is 3.03. The third-order valence-corrected chi connectivity index (χ3v) is 4.46. The van der Waals surface area contributed by atoms with Gasteiger partial charge in [-0.05, 0) is 61.7 Å². The van der Waals surface area contributed by atoms with Crippen molar-refractivity contribution < 1.29 is 19.4 Å². The Bertz CT molecular complexity index is 814. The van der Waals surface area contributed by atoms with Crippen LogP contribution in [0, 0.1) is 0 Å². The lowest BCUT2D eigenvalue weighted by atomic mass is 10.1. The zero-order valence-corrected chi connectivity index (χ0v) is 15.0. The first-order valence-corrected chi connectivity index (χ1v) is 8.93. The Morgan fingerprint density at radius 2 is 1.78 bits per heavy atom. The average Bonchev–Trinajstić information content (AvgIpc) is 2.69. The van der Waals surface area contributed by atoms with Gasteiger partial charge >= 0.3 is 5.97 Å². The van der Waals surface area contributed by atoms with E-state index in [0.717, 1.165) is 18.8 Å². The van der Waals surface area contributed by atoms with Crippen LogP contribution < -0.4 is 16.0 Å². The number of nitrogens with two attached hydrogens (primary N) is 1. The first-order valence-electron chi connectivity index (χ1n) is 8.93. The van der Waals surface area contributed by atoms with Crippen molar-refractivity contribution in [3.05, 3.63) is 48.0 Å². The lowest BCUT2D eigenvalue weighted by Gasteiger charge is -2.28. The molecule has 4 N–H and O–H groups in total. The molecule has 0 bridgehead atoms. The van der Waals surface area contributed by atoms with Gasteiger partial charge in [-0.1, -0.05) is 0 Å². The Hall–Kier alpha value is -3.22. The molecule has 1 heterocycles. The van der Waals surface area contributed by atoms with Crippen LogP contribution in [0.5, 0.6) is 5.75 Å². The van der Waals surface area contributed by atoms with Gasteiger partial charge in [-0.25, -0.2) is 4.79 Å². The number of phenols is 1. The summed E-state index contributed by atoms with van der Waals surface area (Å²) in [4.78, 5) is 26.3. The van der Waals surface area contributed by atoms with Gasteiger partial charge in [-0.3, -0.25) is 4.79 Å². The molecule has 0 aliphatic carbocycles. The van der Waals surface area contributed by atoms with E-state index in [0.29, 0.717) is 5.69 Å². The van der Waals surface area contributed by atoms with Gasteiger partial charge in [-0.15, -0.1) is 0 Å². The molecule has 7 nitrogen and oxygen atoms in total. The molecule has 1 aliphatic rings. The highest BCUT2D eigenvalue weighted by Gasteiger charge is 2.15. The summed E-state index contributed by atoms with van der Waals surface area (Å²) in [5.41, 5.74) is 7.64. The molecule has 0 aromatic heterocycles. The first kappa shape index (κ1) is 18.6. The van der Waals surface area contributed by atoms with Crippen molar-refractivity contribution >= 4 is 28.9 Å². The molecule has 2 aromatic carbocycles. The number of benzene rings is 2. The number of amides is 1. The van der Waals surface area contributed by atoms with E-state index in [2.05, 4.69) is 10.2 Å². The van der Waals surface area contributed by atoms with Crippen molar-refractivity contribution in [1.82, 2.24) is 0 Å². The fourth-order valence-electron chi connectivity index (χ4n) is 3.03. The topological polar surface area (TPSA) is 105 Å². The van der Waals surface area contributed by atoms with Gasteiger partial charge < -0.3 is 25.8 Å². The van der Waals surface area contributed by atoms with Gasteiger partial charge in [0, 0.05) is 30.2 Å². The molecule has 3 rings (SSSR count). The number of anilines is 3. The summed E-state index contributed by atoms with van der Waals surface area (Å²) < 4.78 is 4.97. The summed E-state index contributed by atoms with van der Waals surface area (Å²) in [6.45, 7) is 1.67. The molecule has 0 saturated carbocycles. The molecule has 0 unspecified atom stereocenters. The maximum atomic E-state index is 12.0. The Morgan fingerprint density at radius 1 is 1.07 bits per heavy atom. The summed E-state index contributed by atoms with van der Waals surface area (Å²) >= 11 is 0. The van der Waals surface area contributed by atoms with Crippen molar-refractivity contribution in [2.45, 2.75) is 19.3 Å². The van der Waals surface area contributed by atoms with E-state index in [1.165, 1.54) is 37.5 Å². The summed E-state index contributed by atoms with van der Waals surface area (Å²) in [5.74, 6) is -1.32. The summed E-state index contributed by atoms with van der Waals surface area (Å²) in [6.07, 6.45) is 3.68. The van der Waals surface area contributed by atoms with E-state index in [1.54, 1.807) is 0 Å². The second kappa shape index (κ2) is 8.44. The minimum atomic E-state index is -0.765. The number of ether oxygens (including phenoxy) is 1. The second-order valence-corrected chi connectivity index (χ2v) is 6.49. The summed E-state index contributed by atoms with van der Waals surface area (Å²) in [6, 6.07) is 11.6. The quantitative estimate of drug-likeness (QED) is 0.425. The smallest absolute Gasteiger partial charge is 0.340 e. The molecule has 1 amide bonds. The molecule has 1 fully saturated rings. The van der Waals surface area contributed by atoms with Gasteiger partial charge in [0.25, 0.3) is 5.91 Å². The number of hydrogen-bond acceptors (Lipinski definition) is 6. The molecule has 142 valence electrons. The molecule has 7 heteroatoms. The van der Waals surface area contributed by atoms with Crippen LogP contribution in [0.3, 0.4) is 0 Å². The van der Waals surface area contributed by atoms with Gasteiger partial charge in [0.05, 0.1) is 5.56 Å². The number of carbonyl (C=O) groups excluding carboxylic acids is 2. The molecular formula is C20H23N3O4. The SMILES string of the molecule is Nc1ccc(O)cc1C(=O)OCC(=O)Nc1ccc(N2CCCCC2)cc1. The number of carbonyl (C=O) groups is 2. The van der Waals surface area contributed by atoms with Crippen LogP contribution in [-0.2, 0) is 9.53 Å². The van der Waals surface area contributed by atoms with E-state index in [9.17, 15) is 14.7 Å². The lowest BCUT2D eigenvalue weighted by Crippen LogP contribution is -2.29. The highest BCUT2D eigenvalue weighted by Crippen LogP contribution is 2.22. The number of nitrogens with one attached hydrogen (secondary N) is 1. The molecule has 0 atom stereocenters. The highest BCUT2D eigenvalue weighted by molar-refractivity contribution is 5.98. The highest BCUT2D eigenvalue weighted by atomic mass is 16.5. The second-order valence-electron chi connectivity index (χ2n) is 6.49. The first-order chi connectivity index (χ1) is 13.0. The van der Waals surface area contributed by atoms with E-state index in [4.69, 9.17) is 10.5 Å². The Morgan fingerprint density at radius 3 is 2.48 bits per heavy atom. The minimum Gasteiger partial charge on any atom is -0.508 e. The van der Waals surface area contributed by atoms with E-state index in [1.807, 2.05) is 24.3 Å². The van der Waals surface area contributed by atoms with Crippen LogP contribution in [0.1, 0.15) is 29.6 Å². The Kier molecular flexibility index (Phi) is 5.80. The summed E-state index contributed by atoms with van der Waals surface area (Å²) in [7, 11) is 0. The number of nitrogen functional groups attached to an aromatic ring is 1. The van der Waals surface area contributed by atoms with Crippen molar-refractivity contribution in [3.8, 4) is 5.75 Å². The van der Waals surface area contributed by atoms with Crippen molar-refractivity contribution in [2.24, 2.45) is 0 Å². The van der Waals surface area contributed by atoms with Crippen LogP contribution in [0.2, 0.25) is 0 Å². The van der Waals surface area contributed by atoms with Crippen molar-refractivity contribution in [3.63, 3.8) is 0 Å². The lowest BCUT2D eigenvalue weighted by molar-refractivity contribution is -0.119. The van der Waals surface area contributed by atoms with Crippen LogP contribution in [0.25, 0.3) is 0 Å². The molecule has 0 radical (unpaired) electrons. The van der Waals surface area contributed by atoms with Crippen LogP contribution >= 0.6 is 0 Å². The monoisotopic (exact) mass is 369 g/mol. The molecule has 1 aliphatic heterocycles. The van der Waals surface area contributed by atoms with E-state index in [-0.39, 0.29) is 17.0 Å². The number of piperidine rings is 1. The number of nitrogens with zero attached hydrogens (tertiary/aromatic N) is 1. The van der Waals surface area contributed by atoms with Gasteiger partial charge in [0.15, 0.2) is 6.61 Å². The van der Waals surface area contributed by atoms with Crippen molar-refractivity contribution in [1.29, 1.82) is 0 Å². The molecular weight excluding hydrogens is 346 g/mol. The maximum absolute atomic E-state index is 12.0. The average molecular weight is 369 g/mol. The number of rotatable bonds is 5. The predicted octanol–water partition coefficient (Wildman–Crippen LogP) is 2.76. The third kappa shape index (κ3) is 4.91. The Labute approximate surface area is 157 Å². The number of hydrogen-bond donors (Lipinski definition) is 3. The number of esters is 1. The predicted molar refractivity (Wildman–Crippen MR) is 104 cm³/mol. The molecule has 2 aromatic rings. The van der Waals surface area contributed by atoms with Crippen molar-refractivity contribution in [2.75, 3.05) is 35.6 Å². The minimum absolute atomic E-state index is 0.0219. The maximum Gasteiger partial charge on any atom is 0.340 e. The van der Waals surface area contributed by atoms with E-state index >= 15 is 0 Å². The van der Waals surface area contributed by atoms with Gasteiger partial charge in [0.2, 0.25) is 0 Å². The van der Waals surface area contributed by atoms with Gasteiger partial charge in [-0.2, -0.15) is 0 Å². The third-order valence-electron chi connectivity index (χ3n) is 4.46.